The number of ether oxygens (including phenoxy) is 1. The zero-order valence-corrected chi connectivity index (χ0v) is 11.0. The number of carbonyl (C=O) groups is 1. The van der Waals surface area contributed by atoms with E-state index in [1.807, 2.05) is 32.0 Å². The minimum Gasteiger partial charge on any atom is -0.465 e. The van der Waals surface area contributed by atoms with Crippen molar-refractivity contribution in [3.63, 3.8) is 0 Å². The smallest absolute Gasteiger partial charge is 0.323 e. The van der Waals surface area contributed by atoms with Crippen LogP contribution in [0.1, 0.15) is 13.8 Å². The highest BCUT2D eigenvalue weighted by molar-refractivity contribution is 7.99. The number of thioether (sulfide) groups is 1. The first-order chi connectivity index (χ1) is 8.27. The molecule has 0 aromatic carbocycles. The number of nitrogens with one attached hydrogen (secondary N) is 1. The summed E-state index contributed by atoms with van der Waals surface area (Å²) in [7, 11) is 0. The van der Waals surface area contributed by atoms with Crippen LogP contribution in [0, 0.1) is 0 Å². The van der Waals surface area contributed by atoms with Crippen LogP contribution < -0.4 is 5.32 Å². The molecule has 0 spiro atoms. The van der Waals surface area contributed by atoms with Gasteiger partial charge in [-0.05, 0) is 25.6 Å². The van der Waals surface area contributed by atoms with Gasteiger partial charge >= 0.3 is 5.97 Å². The number of likely N-dealkylation sites (N-methyl/N-ethyl adjacent to an activating group) is 1. The van der Waals surface area contributed by atoms with Gasteiger partial charge < -0.3 is 10.1 Å². The number of esters is 1. The Hall–Kier alpha value is -1.07. The lowest BCUT2D eigenvalue weighted by Gasteiger charge is -2.15. The van der Waals surface area contributed by atoms with Crippen molar-refractivity contribution in [2.24, 2.45) is 0 Å². The molecule has 1 unspecified atom stereocenters. The molecule has 1 atom stereocenters. The van der Waals surface area contributed by atoms with Gasteiger partial charge in [-0.1, -0.05) is 13.0 Å². The molecule has 0 bridgehead atoms. The molecule has 1 aromatic heterocycles. The van der Waals surface area contributed by atoms with Crippen molar-refractivity contribution in [1.29, 1.82) is 0 Å². The van der Waals surface area contributed by atoms with Gasteiger partial charge in [0.05, 0.1) is 11.6 Å². The van der Waals surface area contributed by atoms with E-state index in [-0.39, 0.29) is 12.0 Å². The summed E-state index contributed by atoms with van der Waals surface area (Å²) in [5.41, 5.74) is 0. The molecule has 0 fully saturated rings. The molecule has 0 aliphatic carbocycles. The first kappa shape index (κ1) is 14.0. The highest BCUT2D eigenvalue weighted by atomic mass is 32.2. The van der Waals surface area contributed by atoms with Crippen molar-refractivity contribution in [3.05, 3.63) is 24.4 Å². The van der Waals surface area contributed by atoms with E-state index in [4.69, 9.17) is 4.74 Å². The number of aromatic nitrogens is 1. The first-order valence-corrected chi connectivity index (χ1v) is 6.70. The van der Waals surface area contributed by atoms with Gasteiger partial charge in [0.15, 0.2) is 0 Å². The van der Waals surface area contributed by atoms with E-state index in [0.717, 1.165) is 11.6 Å². The van der Waals surface area contributed by atoms with Crippen LogP contribution in [0.5, 0.6) is 0 Å². The average Bonchev–Trinajstić information content (AvgIpc) is 2.36. The van der Waals surface area contributed by atoms with Crippen LogP contribution in [0.15, 0.2) is 29.4 Å². The molecule has 1 heterocycles. The summed E-state index contributed by atoms with van der Waals surface area (Å²) in [6.07, 6.45) is 1.74. The first-order valence-electron chi connectivity index (χ1n) is 5.71. The Morgan fingerprint density at radius 3 is 2.94 bits per heavy atom. The maximum absolute atomic E-state index is 11.6. The zero-order valence-electron chi connectivity index (χ0n) is 10.2. The minimum atomic E-state index is -0.271. The summed E-state index contributed by atoms with van der Waals surface area (Å²) in [5.74, 6) is 0.432. The molecule has 0 aliphatic heterocycles. The van der Waals surface area contributed by atoms with E-state index in [9.17, 15) is 4.79 Å². The molecular formula is C12H18N2O2S. The number of hydrogen-bond acceptors (Lipinski definition) is 5. The van der Waals surface area contributed by atoms with E-state index < -0.39 is 0 Å². The Kier molecular flexibility index (Phi) is 6.65. The second-order valence-electron chi connectivity index (χ2n) is 3.34. The van der Waals surface area contributed by atoms with Crippen molar-refractivity contribution in [2.45, 2.75) is 24.9 Å². The molecule has 5 heteroatoms. The van der Waals surface area contributed by atoms with Gasteiger partial charge in [0.25, 0.3) is 0 Å². The summed E-state index contributed by atoms with van der Waals surface area (Å²) in [5, 5.41) is 4.03. The third kappa shape index (κ3) is 5.19. The predicted molar refractivity (Wildman–Crippen MR) is 69.1 cm³/mol. The Labute approximate surface area is 106 Å². The Bertz CT molecular complexity index is 333. The summed E-state index contributed by atoms with van der Waals surface area (Å²) in [6, 6.07) is 5.46. The number of carbonyl (C=O) groups excluding carboxylic acids is 1. The van der Waals surface area contributed by atoms with Crippen LogP contribution in [0.25, 0.3) is 0 Å². The largest absolute Gasteiger partial charge is 0.465 e. The van der Waals surface area contributed by atoms with E-state index in [1.165, 1.54) is 0 Å². The molecule has 0 saturated carbocycles. The topological polar surface area (TPSA) is 51.2 Å². The van der Waals surface area contributed by atoms with Crippen LogP contribution in [-0.4, -0.2) is 35.9 Å². The lowest BCUT2D eigenvalue weighted by Crippen LogP contribution is -2.40. The van der Waals surface area contributed by atoms with Gasteiger partial charge in [0, 0.05) is 11.9 Å². The van der Waals surface area contributed by atoms with Gasteiger partial charge in [-0.3, -0.25) is 4.79 Å². The third-order valence-corrected chi connectivity index (χ3v) is 3.09. The van der Waals surface area contributed by atoms with E-state index in [2.05, 4.69) is 10.3 Å². The molecular weight excluding hydrogens is 236 g/mol. The lowest BCUT2D eigenvalue weighted by atomic mass is 10.3. The molecule has 0 amide bonds. The second kappa shape index (κ2) is 8.08. The molecule has 17 heavy (non-hydrogen) atoms. The van der Waals surface area contributed by atoms with Crippen LogP contribution in [0.3, 0.4) is 0 Å². The molecule has 4 nitrogen and oxygen atoms in total. The fourth-order valence-corrected chi connectivity index (χ4v) is 2.20. The van der Waals surface area contributed by atoms with Crippen molar-refractivity contribution >= 4 is 17.7 Å². The average molecular weight is 254 g/mol. The molecule has 1 N–H and O–H groups in total. The quantitative estimate of drug-likeness (QED) is 0.593. The summed E-state index contributed by atoms with van der Waals surface area (Å²) >= 11 is 1.55. The van der Waals surface area contributed by atoms with Gasteiger partial charge in [0.1, 0.15) is 6.04 Å². The lowest BCUT2D eigenvalue weighted by molar-refractivity contribution is -0.144. The van der Waals surface area contributed by atoms with Gasteiger partial charge in [0.2, 0.25) is 0 Å². The number of hydrogen-bond donors (Lipinski definition) is 1. The van der Waals surface area contributed by atoms with Gasteiger partial charge in [-0.25, -0.2) is 4.98 Å². The maximum Gasteiger partial charge on any atom is 0.323 e. The molecule has 94 valence electrons. The Balaban J connectivity index is 2.47. The summed E-state index contributed by atoms with van der Waals surface area (Å²) in [4.78, 5) is 15.8. The highest BCUT2D eigenvalue weighted by Crippen LogP contribution is 2.15. The van der Waals surface area contributed by atoms with Crippen molar-refractivity contribution < 1.29 is 9.53 Å². The Morgan fingerprint density at radius 2 is 2.35 bits per heavy atom. The van der Waals surface area contributed by atoms with Gasteiger partial charge in [-0.15, -0.1) is 11.8 Å². The van der Waals surface area contributed by atoms with E-state index >= 15 is 0 Å². The monoisotopic (exact) mass is 254 g/mol. The highest BCUT2D eigenvalue weighted by Gasteiger charge is 2.18. The number of nitrogens with zero attached hydrogens (tertiary/aromatic N) is 1. The van der Waals surface area contributed by atoms with Crippen molar-refractivity contribution in [3.8, 4) is 0 Å². The standard InChI is InChI=1S/C12H18N2O2S/c1-3-13-10(12(15)16-4-2)9-17-11-7-5-6-8-14-11/h5-8,10,13H,3-4,9H2,1-2H3. The van der Waals surface area contributed by atoms with Crippen molar-refractivity contribution in [1.82, 2.24) is 10.3 Å². The molecule has 1 aromatic rings. The van der Waals surface area contributed by atoms with E-state index in [1.54, 1.807) is 18.0 Å². The van der Waals surface area contributed by atoms with Crippen LogP contribution in [0.2, 0.25) is 0 Å². The van der Waals surface area contributed by atoms with E-state index in [0.29, 0.717) is 12.4 Å². The van der Waals surface area contributed by atoms with Crippen LogP contribution in [-0.2, 0) is 9.53 Å². The fourth-order valence-electron chi connectivity index (χ4n) is 1.30. The fraction of sp³-hybridized carbons (Fsp3) is 0.500. The third-order valence-electron chi connectivity index (χ3n) is 2.06. The maximum atomic E-state index is 11.6. The Morgan fingerprint density at radius 1 is 1.53 bits per heavy atom. The molecule has 0 saturated heterocycles. The SMILES string of the molecule is CCNC(CSc1ccccn1)C(=O)OCC. The van der Waals surface area contributed by atoms with Crippen LogP contribution >= 0.6 is 11.8 Å². The van der Waals surface area contributed by atoms with Crippen LogP contribution in [0.4, 0.5) is 0 Å². The normalized spacial score (nSPS) is 12.1. The zero-order chi connectivity index (χ0) is 12.5. The summed E-state index contributed by atoms with van der Waals surface area (Å²) in [6.45, 7) is 4.94. The summed E-state index contributed by atoms with van der Waals surface area (Å²) < 4.78 is 5.01. The predicted octanol–water partition coefficient (Wildman–Crippen LogP) is 1.71. The van der Waals surface area contributed by atoms with Crippen molar-refractivity contribution in [2.75, 3.05) is 18.9 Å². The van der Waals surface area contributed by atoms with Gasteiger partial charge in [-0.2, -0.15) is 0 Å². The second-order valence-corrected chi connectivity index (χ2v) is 4.38. The number of rotatable bonds is 7. The minimum absolute atomic E-state index is 0.196. The molecule has 1 rings (SSSR count). The molecule has 0 radical (unpaired) electrons. The number of pyridine rings is 1. The molecule has 0 aliphatic rings.